The van der Waals surface area contributed by atoms with Crippen LogP contribution in [0.5, 0.6) is 0 Å². The first-order valence-corrected chi connectivity index (χ1v) is 8.37. The van der Waals surface area contributed by atoms with Gasteiger partial charge in [0, 0.05) is 25.7 Å². The monoisotopic (exact) mass is 272 g/mol. The van der Waals surface area contributed by atoms with Gasteiger partial charge in [0.1, 0.15) is 0 Å². The maximum Gasteiger partial charge on any atom is 0.0236 e. The van der Waals surface area contributed by atoms with E-state index in [1.807, 2.05) is 0 Å². The lowest BCUT2D eigenvalue weighted by atomic mass is 10.1. The average Bonchev–Trinajstić information content (AvgIpc) is 3.34. The van der Waals surface area contributed by atoms with Crippen molar-refractivity contribution in [2.75, 3.05) is 13.1 Å². The maximum atomic E-state index is 3.46. The van der Waals surface area contributed by atoms with Gasteiger partial charge in [-0.2, -0.15) is 0 Å². The van der Waals surface area contributed by atoms with E-state index in [-0.39, 0.29) is 0 Å². The SMILES string of the molecule is CCCNCc1ccc(CN(CC2CC2)C2CC2)cc1. The summed E-state index contributed by atoms with van der Waals surface area (Å²) in [4.78, 5) is 2.72. The summed E-state index contributed by atoms with van der Waals surface area (Å²) in [6.45, 7) is 6.82. The highest BCUT2D eigenvalue weighted by Gasteiger charge is 2.33. The molecule has 0 spiro atoms. The molecule has 0 radical (unpaired) electrons. The second-order valence-electron chi connectivity index (χ2n) is 6.60. The van der Waals surface area contributed by atoms with Gasteiger partial charge in [0.25, 0.3) is 0 Å². The van der Waals surface area contributed by atoms with E-state index in [1.54, 1.807) is 0 Å². The summed E-state index contributed by atoms with van der Waals surface area (Å²) < 4.78 is 0. The van der Waals surface area contributed by atoms with E-state index in [9.17, 15) is 0 Å². The van der Waals surface area contributed by atoms with E-state index in [0.717, 1.165) is 31.6 Å². The highest BCUT2D eigenvalue weighted by atomic mass is 15.2. The molecular weight excluding hydrogens is 244 g/mol. The summed E-state index contributed by atoms with van der Waals surface area (Å²) in [5, 5.41) is 3.46. The van der Waals surface area contributed by atoms with Crippen molar-refractivity contribution < 1.29 is 0 Å². The number of nitrogens with one attached hydrogen (secondary N) is 1. The van der Waals surface area contributed by atoms with Gasteiger partial charge >= 0.3 is 0 Å². The molecule has 3 rings (SSSR count). The third-order valence-electron chi connectivity index (χ3n) is 4.42. The summed E-state index contributed by atoms with van der Waals surface area (Å²) >= 11 is 0. The summed E-state index contributed by atoms with van der Waals surface area (Å²) in [6, 6.07) is 10.1. The van der Waals surface area contributed by atoms with Crippen molar-refractivity contribution in [1.82, 2.24) is 10.2 Å². The van der Waals surface area contributed by atoms with Crippen LogP contribution < -0.4 is 5.32 Å². The zero-order valence-electron chi connectivity index (χ0n) is 12.8. The molecular formula is C18H28N2. The van der Waals surface area contributed by atoms with Crippen LogP contribution in [0.3, 0.4) is 0 Å². The minimum Gasteiger partial charge on any atom is -0.313 e. The normalized spacial score (nSPS) is 18.7. The number of hydrogen-bond acceptors (Lipinski definition) is 2. The Morgan fingerprint density at radius 1 is 1.05 bits per heavy atom. The molecule has 20 heavy (non-hydrogen) atoms. The summed E-state index contributed by atoms with van der Waals surface area (Å²) in [5.74, 6) is 1.01. The van der Waals surface area contributed by atoms with Crippen LogP contribution in [0.2, 0.25) is 0 Å². The molecule has 1 aromatic carbocycles. The second-order valence-corrected chi connectivity index (χ2v) is 6.60. The predicted octanol–water partition coefficient (Wildman–Crippen LogP) is 3.56. The Balaban J connectivity index is 1.50. The highest BCUT2D eigenvalue weighted by Crippen LogP contribution is 2.35. The third-order valence-corrected chi connectivity index (χ3v) is 4.42. The zero-order chi connectivity index (χ0) is 13.8. The van der Waals surface area contributed by atoms with Gasteiger partial charge in [0.15, 0.2) is 0 Å². The largest absolute Gasteiger partial charge is 0.313 e. The Labute approximate surface area is 123 Å². The summed E-state index contributed by atoms with van der Waals surface area (Å²) in [7, 11) is 0. The molecule has 2 fully saturated rings. The lowest BCUT2D eigenvalue weighted by molar-refractivity contribution is 0.244. The fraction of sp³-hybridized carbons (Fsp3) is 0.667. The Morgan fingerprint density at radius 2 is 1.75 bits per heavy atom. The van der Waals surface area contributed by atoms with Crippen molar-refractivity contribution in [3.63, 3.8) is 0 Å². The molecule has 0 bridgehead atoms. The Bertz CT molecular complexity index is 404. The fourth-order valence-corrected chi connectivity index (χ4v) is 2.82. The first-order valence-electron chi connectivity index (χ1n) is 8.37. The minimum absolute atomic E-state index is 0.890. The Kier molecular flexibility index (Phi) is 4.74. The van der Waals surface area contributed by atoms with E-state index in [4.69, 9.17) is 0 Å². The molecule has 1 N–H and O–H groups in total. The van der Waals surface area contributed by atoms with Gasteiger partial charge in [0.2, 0.25) is 0 Å². The summed E-state index contributed by atoms with van der Waals surface area (Å²) in [5.41, 5.74) is 2.89. The van der Waals surface area contributed by atoms with Crippen LogP contribution >= 0.6 is 0 Å². The van der Waals surface area contributed by atoms with E-state index >= 15 is 0 Å². The van der Waals surface area contributed by atoms with Crippen LogP contribution in [0.15, 0.2) is 24.3 Å². The van der Waals surface area contributed by atoms with Crippen molar-refractivity contribution in [2.24, 2.45) is 5.92 Å². The van der Waals surface area contributed by atoms with Crippen molar-refractivity contribution in [3.05, 3.63) is 35.4 Å². The van der Waals surface area contributed by atoms with Gasteiger partial charge in [-0.05, 0) is 55.7 Å². The molecule has 2 aliphatic carbocycles. The highest BCUT2D eigenvalue weighted by molar-refractivity contribution is 5.22. The molecule has 0 saturated heterocycles. The molecule has 1 aromatic rings. The molecule has 0 aliphatic heterocycles. The Morgan fingerprint density at radius 3 is 2.35 bits per heavy atom. The van der Waals surface area contributed by atoms with Gasteiger partial charge in [-0.1, -0.05) is 31.2 Å². The predicted molar refractivity (Wildman–Crippen MR) is 84.6 cm³/mol. The van der Waals surface area contributed by atoms with Crippen LogP contribution in [0.25, 0.3) is 0 Å². The van der Waals surface area contributed by atoms with E-state index in [2.05, 4.69) is 41.4 Å². The molecule has 0 atom stereocenters. The van der Waals surface area contributed by atoms with E-state index in [0.29, 0.717) is 0 Å². The van der Waals surface area contributed by atoms with Crippen LogP contribution in [0.1, 0.15) is 50.2 Å². The Hall–Kier alpha value is -0.860. The number of rotatable bonds is 9. The quantitative estimate of drug-likeness (QED) is 0.691. The third kappa shape index (κ3) is 4.32. The first kappa shape index (κ1) is 14.1. The van der Waals surface area contributed by atoms with Gasteiger partial charge in [-0.25, -0.2) is 0 Å². The standard InChI is InChI=1S/C18H28N2/c1-2-11-19-12-15-3-5-16(6-4-15)13-20(18-9-10-18)14-17-7-8-17/h3-6,17-19H,2,7-14H2,1H3. The van der Waals surface area contributed by atoms with Gasteiger partial charge in [0.05, 0.1) is 0 Å². The molecule has 0 amide bonds. The smallest absolute Gasteiger partial charge is 0.0236 e. The molecule has 2 heteroatoms. The number of hydrogen-bond donors (Lipinski definition) is 1. The van der Waals surface area contributed by atoms with Crippen LogP contribution in [-0.4, -0.2) is 24.0 Å². The maximum absolute atomic E-state index is 3.46. The molecule has 2 aliphatic rings. The van der Waals surface area contributed by atoms with Crippen molar-refractivity contribution in [1.29, 1.82) is 0 Å². The van der Waals surface area contributed by atoms with Crippen molar-refractivity contribution >= 4 is 0 Å². The topological polar surface area (TPSA) is 15.3 Å². The average molecular weight is 272 g/mol. The molecule has 110 valence electrons. The van der Waals surface area contributed by atoms with Gasteiger partial charge in [-0.15, -0.1) is 0 Å². The second kappa shape index (κ2) is 6.73. The zero-order valence-corrected chi connectivity index (χ0v) is 12.8. The number of nitrogens with zero attached hydrogens (tertiary/aromatic N) is 1. The lowest BCUT2D eigenvalue weighted by Crippen LogP contribution is -2.27. The molecule has 0 unspecified atom stereocenters. The van der Waals surface area contributed by atoms with Crippen LogP contribution in [0, 0.1) is 5.92 Å². The molecule has 0 heterocycles. The molecule has 2 saturated carbocycles. The van der Waals surface area contributed by atoms with Gasteiger partial charge in [-0.3, -0.25) is 4.90 Å². The van der Waals surface area contributed by atoms with Gasteiger partial charge < -0.3 is 5.32 Å². The lowest BCUT2D eigenvalue weighted by Gasteiger charge is -2.22. The molecule has 2 nitrogen and oxygen atoms in total. The first-order chi connectivity index (χ1) is 9.85. The fourth-order valence-electron chi connectivity index (χ4n) is 2.82. The molecule has 0 aromatic heterocycles. The summed E-state index contributed by atoms with van der Waals surface area (Å²) in [6.07, 6.45) is 6.98. The van der Waals surface area contributed by atoms with Crippen molar-refractivity contribution in [3.8, 4) is 0 Å². The van der Waals surface area contributed by atoms with Crippen LogP contribution in [0.4, 0.5) is 0 Å². The van der Waals surface area contributed by atoms with Crippen LogP contribution in [-0.2, 0) is 13.1 Å². The van der Waals surface area contributed by atoms with Crippen molar-refractivity contribution in [2.45, 2.75) is 58.2 Å². The minimum atomic E-state index is 0.890. The van der Waals surface area contributed by atoms with E-state index in [1.165, 1.54) is 49.8 Å². The van der Waals surface area contributed by atoms with E-state index < -0.39 is 0 Å². The number of benzene rings is 1.